The third kappa shape index (κ3) is 2.20. The summed E-state index contributed by atoms with van der Waals surface area (Å²) in [4.78, 5) is 1.42. The normalized spacial score (nSPS) is 28.5. The minimum Gasteiger partial charge on any atom is -0.307 e. The predicted molar refractivity (Wildman–Crippen MR) is 65.8 cm³/mol. The maximum Gasteiger partial charge on any atom is 0.0399 e. The second-order valence-corrected chi connectivity index (χ2v) is 6.10. The molecule has 0 amide bonds. The molecule has 0 aromatic carbocycles. The van der Waals surface area contributed by atoms with E-state index in [9.17, 15) is 0 Å². The Balaban J connectivity index is 1.90. The summed E-state index contributed by atoms with van der Waals surface area (Å²) in [7, 11) is 0. The van der Waals surface area contributed by atoms with E-state index < -0.39 is 0 Å². The van der Waals surface area contributed by atoms with Gasteiger partial charge in [-0.3, -0.25) is 0 Å². The summed E-state index contributed by atoms with van der Waals surface area (Å²) < 4.78 is 1.25. The van der Waals surface area contributed by atoms with Gasteiger partial charge in [-0.15, -0.1) is 11.3 Å². The molecule has 0 saturated heterocycles. The van der Waals surface area contributed by atoms with Crippen LogP contribution in [0.1, 0.15) is 37.6 Å². The molecule has 14 heavy (non-hydrogen) atoms. The topological polar surface area (TPSA) is 12.0 Å². The molecule has 1 unspecified atom stereocenters. The van der Waals surface area contributed by atoms with Crippen LogP contribution in [0.5, 0.6) is 0 Å². The van der Waals surface area contributed by atoms with Crippen LogP contribution in [0.3, 0.4) is 0 Å². The fraction of sp³-hybridized carbons (Fsp3) is 0.636. The van der Waals surface area contributed by atoms with Crippen LogP contribution < -0.4 is 5.32 Å². The molecule has 1 nitrogen and oxygen atoms in total. The molecule has 1 aromatic heterocycles. The van der Waals surface area contributed by atoms with Gasteiger partial charge in [-0.05, 0) is 53.1 Å². The Morgan fingerprint density at radius 3 is 2.79 bits per heavy atom. The molecule has 0 bridgehead atoms. The SMILES string of the molecule is CC1CC(NC(C)c2sccc2Br)C1. The monoisotopic (exact) mass is 273 g/mol. The number of halogens is 1. The summed E-state index contributed by atoms with van der Waals surface area (Å²) in [5.74, 6) is 0.923. The Morgan fingerprint density at radius 1 is 1.57 bits per heavy atom. The summed E-state index contributed by atoms with van der Waals surface area (Å²) in [6, 6.07) is 3.36. The largest absolute Gasteiger partial charge is 0.307 e. The fourth-order valence-electron chi connectivity index (χ4n) is 2.08. The number of thiophene rings is 1. The highest BCUT2D eigenvalue weighted by Gasteiger charge is 2.27. The molecule has 2 rings (SSSR count). The van der Waals surface area contributed by atoms with Crippen molar-refractivity contribution < 1.29 is 0 Å². The van der Waals surface area contributed by atoms with Gasteiger partial charge < -0.3 is 5.32 Å². The lowest BCUT2D eigenvalue weighted by Crippen LogP contribution is -2.41. The Hall–Kier alpha value is 0.140. The van der Waals surface area contributed by atoms with Crippen LogP contribution in [0.25, 0.3) is 0 Å². The van der Waals surface area contributed by atoms with E-state index in [2.05, 4.69) is 46.5 Å². The minimum absolute atomic E-state index is 0.488. The zero-order valence-electron chi connectivity index (χ0n) is 8.59. The van der Waals surface area contributed by atoms with E-state index in [1.165, 1.54) is 22.2 Å². The molecule has 1 atom stereocenters. The van der Waals surface area contributed by atoms with Gasteiger partial charge in [0.15, 0.2) is 0 Å². The van der Waals surface area contributed by atoms with Gasteiger partial charge in [0.1, 0.15) is 0 Å². The first-order valence-corrected chi connectivity index (χ1v) is 6.83. The summed E-state index contributed by atoms with van der Waals surface area (Å²) in [5.41, 5.74) is 0. The molecule has 1 fully saturated rings. The molecular weight excluding hydrogens is 258 g/mol. The number of nitrogens with one attached hydrogen (secondary N) is 1. The van der Waals surface area contributed by atoms with Gasteiger partial charge in [0.2, 0.25) is 0 Å². The van der Waals surface area contributed by atoms with Crippen molar-refractivity contribution >= 4 is 27.3 Å². The Morgan fingerprint density at radius 2 is 2.29 bits per heavy atom. The molecule has 1 aliphatic carbocycles. The van der Waals surface area contributed by atoms with Crippen LogP contribution in [-0.2, 0) is 0 Å². The molecule has 0 spiro atoms. The average molecular weight is 274 g/mol. The van der Waals surface area contributed by atoms with Gasteiger partial charge in [0, 0.05) is 21.4 Å². The van der Waals surface area contributed by atoms with Crippen molar-refractivity contribution in [3.05, 3.63) is 20.8 Å². The standard InChI is InChI=1S/C11H16BrNS/c1-7-5-9(6-7)13-8(2)11-10(12)3-4-14-11/h3-4,7-9,13H,5-6H2,1-2H3. The van der Waals surface area contributed by atoms with Crippen molar-refractivity contribution in [2.45, 2.75) is 38.8 Å². The van der Waals surface area contributed by atoms with E-state index in [0.717, 1.165) is 12.0 Å². The first-order chi connectivity index (χ1) is 6.66. The van der Waals surface area contributed by atoms with Crippen molar-refractivity contribution in [3.8, 4) is 0 Å². The van der Waals surface area contributed by atoms with E-state index in [4.69, 9.17) is 0 Å². The van der Waals surface area contributed by atoms with Crippen LogP contribution in [0.15, 0.2) is 15.9 Å². The molecule has 0 aliphatic heterocycles. The lowest BCUT2D eigenvalue weighted by Gasteiger charge is -2.35. The van der Waals surface area contributed by atoms with Crippen LogP contribution in [0.4, 0.5) is 0 Å². The number of rotatable bonds is 3. The third-order valence-electron chi connectivity index (χ3n) is 2.90. The molecule has 1 heterocycles. The zero-order valence-corrected chi connectivity index (χ0v) is 11.0. The van der Waals surface area contributed by atoms with Crippen LogP contribution in [0, 0.1) is 5.92 Å². The average Bonchev–Trinajstić information content (AvgIpc) is 2.48. The number of hydrogen-bond acceptors (Lipinski definition) is 2. The highest BCUT2D eigenvalue weighted by Crippen LogP contribution is 2.32. The van der Waals surface area contributed by atoms with Gasteiger partial charge in [-0.1, -0.05) is 6.92 Å². The first-order valence-electron chi connectivity index (χ1n) is 5.15. The van der Waals surface area contributed by atoms with Crippen molar-refractivity contribution in [1.29, 1.82) is 0 Å². The van der Waals surface area contributed by atoms with Gasteiger partial charge >= 0.3 is 0 Å². The van der Waals surface area contributed by atoms with Crippen molar-refractivity contribution in [1.82, 2.24) is 5.32 Å². The van der Waals surface area contributed by atoms with E-state index >= 15 is 0 Å². The second kappa shape index (κ2) is 4.33. The summed E-state index contributed by atoms with van der Waals surface area (Å²) in [6.45, 7) is 4.57. The van der Waals surface area contributed by atoms with E-state index in [1.807, 2.05) is 11.3 Å². The third-order valence-corrected chi connectivity index (χ3v) is 4.95. The lowest BCUT2D eigenvalue weighted by molar-refractivity contribution is 0.227. The van der Waals surface area contributed by atoms with Gasteiger partial charge in [-0.25, -0.2) is 0 Å². The molecular formula is C11H16BrNS. The van der Waals surface area contributed by atoms with E-state index in [0.29, 0.717) is 6.04 Å². The van der Waals surface area contributed by atoms with Crippen molar-refractivity contribution in [3.63, 3.8) is 0 Å². The maximum atomic E-state index is 3.67. The lowest BCUT2D eigenvalue weighted by atomic mass is 9.81. The van der Waals surface area contributed by atoms with Gasteiger partial charge in [0.25, 0.3) is 0 Å². The zero-order chi connectivity index (χ0) is 10.1. The Labute approximate surface area is 98.0 Å². The summed E-state index contributed by atoms with van der Waals surface area (Å²) in [5, 5.41) is 5.81. The maximum absolute atomic E-state index is 3.67. The van der Waals surface area contributed by atoms with Gasteiger partial charge in [0.05, 0.1) is 0 Å². The summed E-state index contributed by atoms with van der Waals surface area (Å²) >= 11 is 5.40. The number of hydrogen-bond donors (Lipinski definition) is 1. The highest BCUT2D eigenvalue weighted by molar-refractivity contribution is 9.10. The molecule has 1 aliphatic rings. The van der Waals surface area contributed by atoms with Crippen molar-refractivity contribution in [2.24, 2.45) is 5.92 Å². The fourth-order valence-corrected chi connectivity index (χ4v) is 3.82. The quantitative estimate of drug-likeness (QED) is 0.879. The summed E-state index contributed by atoms with van der Waals surface area (Å²) in [6.07, 6.45) is 2.68. The second-order valence-electron chi connectivity index (χ2n) is 4.29. The van der Waals surface area contributed by atoms with Crippen molar-refractivity contribution in [2.75, 3.05) is 0 Å². The molecule has 3 heteroatoms. The van der Waals surface area contributed by atoms with Crippen LogP contribution >= 0.6 is 27.3 Å². The molecule has 0 radical (unpaired) electrons. The predicted octanol–water partition coefficient (Wildman–Crippen LogP) is 3.96. The smallest absolute Gasteiger partial charge is 0.0399 e. The van der Waals surface area contributed by atoms with Crippen LogP contribution in [0.2, 0.25) is 0 Å². The Bertz CT molecular complexity index is 304. The van der Waals surface area contributed by atoms with E-state index in [1.54, 1.807) is 0 Å². The van der Waals surface area contributed by atoms with E-state index in [-0.39, 0.29) is 0 Å². The first kappa shape index (κ1) is 10.7. The van der Waals surface area contributed by atoms with Crippen LogP contribution in [-0.4, -0.2) is 6.04 Å². The highest BCUT2D eigenvalue weighted by atomic mass is 79.9. The molecule has 78 valence electrons. The molecule has 1 saturated carbocycles. The molecule has 1 aromatic rings. The molecule has 1 N–H and O–H groups in total. The van der Waals surface area contributed by atoms with Gasteiger partial charge in [-0.2, -0.15) is 0 Å². The minimum atomic E-state index is 0.488. The Kier molecular flexibility index (Phi) is 3.30.